The monoisotopic (exact) mass is 222 g/mol. The van der Waals surface area contributed by atoms with Gasteiger partial charge in [-0.15, -0.1) is 0 Å². The van der Waals surface area contributed by atoms with Gasteiger partial charge in [-0.1, -0.05) is 0 Å². The summed E-state index contributed by atoms with van der Waals surface area (Å²) >= 11 is 0. The Bertz CT molecular complexity index is 368. The zero-order chi connectivity index (χ0) is 11.5. The molecule has 1 aromatic heterocycles. The highest BCUT2D eigenvalue weighted by Gasteiger charge is 2.23. The second-order valence-corrected chi connectivity index (χ2v) is 4.35. The van der Waals surface area contributed by atoms with Gasteiger partial charge in [0, 0.05) is 25.3 Å². The molecule has 0 bridgehead atoms. The number of rotatable bonds is 2. The van der Waals surface area contributed by atoms with Crippen LogP contribution in [-0.2, 0) is 0 Å². The minimum Gasteiger partial charge on any atom is -0.336 e. The van der Waals surface area contributed by atoms with Crippen molar-refractivity contribution in [2.75, 3.05) is 20.1 Å². The van der Waals surface area contributed by atoms with Crippen molar-refractivity contribution in [2.45, 2.75) is 25.8 Å². The summed E-state index contributed by atoms with van der Waals surface area (Å²) < 4.78 is 0. The molecule has 88 valence electrons. The zero-order valence-electron chi connectivity index (χ0n) is 9.79. The lowest BCUT2D eigenvalue weighted by Crippen LogP contribution is -2.46. The lowest BCUT2D eigenvalue weighted by atomic mass is 10.1. The Morgan fingerprint density at radius 1 is 1.62 bits per heavy atom. The van der Waals surface area contributed by atoms with E-state index in [1.54, 1.807) is 11.0 Å². The number of aryl methyl sites for hydroxylation is 1. The molecule has 16 heavy (non-hydrogen) atoms. The summed E-state index contributed by atoms with van der Waals surface area (Å²) in [6.07, 6.45) is 2.19. The molecule has 0 aromatic carbocycles. The van der Waals surface area contributed by atoms with Crippen LogP contribution < -0.4 is 5.32 Å². The molecule has 0 spiro atoms. The van der Waals surface area contributed by atoms with Gasteiger partial charge in [-0.3, -0.25) is 9.89 Å². The van der Waals surface area contributed by atoms with E-state index in [0.29, 0.717) is 11.7 Å². The Morgan fingerprint density at radius 2 is 2.44 bits per heavy atom. The van der Waals surface area contributed by atoms with Crippen molar-refractivity contribution in [2.24, 2.45) is 0 Å². The highest BCUT2D eigenvalue weighted by molar-refractivity contribution is 5.92. The first-order valence-corrected chi connectivity index (χ1v) is 5.68. The molecular formula is C11H18N4O. The second-order valence-electron chi connectivity index (χ2n) is 4.35. The van der Waals surface area contributed by atoms with Crippen LogP contribution in [-0.4, -0.2) is 47.2 Å². The number of hydrogen-bond donors (Lipinski definition) is 2. The molecule has 1 atom stereocenters. The molecular weight excluding hydrogens is 204 g/mol. The predicted octanol–water partition coefficient (Wildman–Crippen LogP) is 0.542. The average Bonchev–Trinajstić information content (AvgIpc) is 2.75. The van der Waals surface area contributed by atoms with E-state index in [1.807, 2.05) is 14.0 Å². The van der Waals surface area contributed by atoms with Gasteiger partial charge in [0.25, 0.3) is 5.91 Å². The Labute approximate surface area is 95.2 Å². The normalized spacial score (nSPS) is 20.8. The maximum atomic E-state index is 12.1. The summed E-state index contributed by atoms with van der Waals surface area (Å²) in [4.78, 5) is 13.9. The van der Waals surface area contributed by atoms with Gasteiger partial charge in [0.1, 0.15) is 5.69 Å². The highest BCUT2D eigenvalue weighted by atomic mass is 16.2. The van der Waals surface area contributed by atoms with Crippen molar-refractivity contribution >= 4 is 5.91 Å². The van der Waals surface area contributed by atoms with Gasteiger partial charge in [-0.05, 0) is 32.4 Å². The molecule has 1 fully saturated rings. The molecule has 1 aromatic rings. The van der Waals surface area contributed by atoms with Crippen molar-refractivity contribution in [3.8, 4) is 0 Å². The molecule has 2 heterocycles. The maximum Gasteiger partial charge on any atom is 0.274 e. The smallest absolute Gasteiger partial charge is 0.274 e. The van der Waals surface area contributed by atoms with Gasteiger partial charge in [0.15, 0.2) is 0 Å². The minimum atomic E-state index is -0.00181. The molecule has 1 unspecified atom stereocenters. The van der Waals surface area contributed by atoms with Gasteiger partial charge in [0.05, 0.1) is 0 Å². The summed E-state index contributed by atoms with van der Waals surface area (Å²) in [6, 6.07) is 2.08. The topological polar surface area (TPSA) is 61.0 Å². The molecule has 1 aliphatic rings. The van der Waals surface area contributed by atoms with Crippen molar-refractivity contribution in [3.05, 3.63) is 17.5 Å². The SMILES string of the molecule is Cc1cc(C(=O)N(C)C2CCCNC2)n[nH]1. The minimum absolute atomic E-state index is 0.00181. The van der Waals surface area contributed by atoms with E-state index in [2.05, 4.69) is 15.5 Å². The highest BCUT2D eigenvalue weighted by Crippen LogP contribution is 2.11. The Balaban J connectivity index is 2.03. The van der Waals surface area contributed by atoms with Crippen molar-refractivity contribution in [1.82, 2.24) is 20.4 Å². The Morgan fingerprint density at radius 3 is 3.00 bits per heavy atom. The van der Waals surface area contributed by atoms with Crippen LogP contribution >= 0.6 is 0 Å². The third kappa shape index (κ3) is 2.24. The van der Waals surface area contributed by atoms with Crippen LogP contribution in [0.2, 0.25) is 0 Å². The number of carbonyl (C=O) groups is 1. The average molecular weight is 222 g/mol. The molecule has 5 nitrogen and oxygen atoms in total. The van der Waals surface area contributed by atoms with Crippen LogP contribution in [0.15, 0.2) is 6.07 Å². The fraction of sp³-hybridized carbons (Fsp3) is 0.636. The van der Waals surface area contributed by atoms with E-state index in [4.69, 9.17) is 0 Å². The Hall–Kier alpha value is -1.36. The quantitative estimate of drug-likeness (QED) is 0.768. The number of nitrogens with one attached hydrogen (secondary N) is 2. The second kappa shape index (κ2) is 4.65. The molecule has 0 saturated carbocycles. The fourth-order valence-electron chi connectivity index (χ4n) is 2.04. The predicted molar refractivity (Wildman–Crippen MR) is 61.3 cm³/mol. The number of amides is 1. The molecule has 2 N–H and O–H groups in total. The molecule has 1 saturated heterocycles. The van der Waals surface area contributed by atoms with Crippen LogP contribution in [0.25, 0.3) is 0 Å². The van der Waals surface area contributed by atoms with Gasteiger partial charge >= 0.3 is 0 Å². The summed E-state index contributed by atoms with van der Waals surface area (Å²) in [6.45, 7) is 3.83. The number of nitrogens with zero attached hydrogens (tertiary/aromatic N) is 2. The van der Waals surface area contributed by atoms with E-state index < -0.39 is 0 Å². The standard InChI is InChI=1S/C11H18N4O/c1-8-6-10(14-13-8)11(16)15(2)9-4-3-5-12-7-9/h6,9,12H,3-5,7H2,1-2H3,(H,13,14). The van der Waals surface area contributed by atoms with Crippen LogP contribution in [0.3, 0.4) is 0 Å². The first-order valence-electron chi connectivity index (χ1n) is 5.68. The van der Waals surface area contributed by atoms with E-state index >= 15 is 0 Å². The number of piperidine rings is 1. The van der Waals surface area contributed by atoms with Gasteiger partial charge < -0.3 is 10.2 Å². The van der Waals surface area contributed by atoms with Gasteiger partial charge in [0.2, 0.25) is 0 Å². The molecule has 2 rings (SSSR count). The summed E-state index contributed by atoms with van der Waals surface area (Å²) in [5, 5.41) is 10.1. The van der Waals surface area contributed by atoms with Gasteiger partial charge in [-0.2, -0.15) is 5.10 Å². The lowest BCUT2D eigenvalue weighted by Gasteiger charge is -2.31. The van der Waals surface area contributed by atoms with Crippen molar-refractivity contribution in [3.63, 3.8) is 0 Å². The zero-order valence-corrected chi connectivity index (χ0v) is 9.79. The third-order valence-corrected chi connectivity index (χ3v) is 3.06. The van der Waals surface area contributed by atoms with Gasteiger partial charge in [-0.25, -0.2) is 0 Å². The molecule has 0 aliphatic carbocycles. The molecule has 5 heteroatoms. The number of aromatic nitrogens is 2. The van der Waals surface area contributed by atoms with Crippen molar-refractivity contribution in [1.29, 1.82) is 0 Å². The van der Waals surface area contributed by atoms with Crippen LogP contribution in [0, 0.1) is 6.92 Å². The number of likely N-dealkylation sites (N-methyl/N-ethyl adjacent to an activating group) is 1. The lowest BCUT2D eigenvalue weighted by molar-refractivity contribution is 0.0702. The Kier molecular flexibility index (Phi) is 3.24. The number of aromatic amines is 1. The van der Waals surface area contributed by atoms with E-state index in [1.165, 1.54) is 0 Å². The van der Waals surface area contributed by atoms with E-state index in [0.717, 1.165) is 31.6 Å². The first kappa shape index (κ1) is 11.1. The summed E-state index contributed by atoms with van der Waals surface area (Å²) in [5.41, 5.74) is 1.42. The number of H-pyrrole nitrogens is 1. The van der Waals surface area contributed by atoms with Crippen LogP contribution in [0.5, 0.6) is 0 Å². The van der Waals surface area contributed by atoms with Crippen LogP contribution in [0.4, 0.5) is 0 Å². The van der Waals surface area contributed by atoms with Crippen molar-refractivity contribution < 1.29 is 4.79 Å². The molecule has 1 amide bonds. The largest absolute Gasteiger partial charge is 0.336 e. The third-order valence-electron chi connectivity index (χ3n) is 3.06. The summed E-state index contributed by atoms with van der Waals surface area (Å²) in [5.74, 6) is -0.00181. The maximum absolute atomic E-state index is 12.1. The number of hydrogen-bond acceptors (Lipinski definition) is 3. The summed E-state index contributed by atoms with van der Waals surface area (Å²) in [7, 11) is 1.85. The fourth-order valence-corrected chi connectivity index (χ4v) is 2.04. The molecule has 0 radical (unpaired) electrons. The number of carbonyl (C=O) groups excluding carboxylic acids is 1. The first-order chi connectivity index (χ1) is 7.68. The van der Waals surface area contributed by atoms with E-state index in [-0.39, 0.29) is 5.91 Å². The van der Waals surface area contributed by atoms with Crippen LogP contribution in [0.1, 0.15) is 29.0 Å². The van der Waals surface area contributed by atoms with E-state index in [9.17, 15) is 4.79 Å². The molecule has 1 aliphatic heterocycles.